The molecule has 2 heterocycles. The lowest BCUT2D eigenvalue weighted by Gasteiger charge is -2.21. The highest BCUT2D eigenvalue weighted by Gasteiger charge is 2.23. The number of hydrogen-bond acceptors (Lipinski definition) is 8. The first-order chi connectivity index (χ1) is 20.5. The molecule has 5 rings (SSSR count). The van der Waals surface area contributed by atoms with Crippen LogP contribution < -0.4 is 30.6 Å². The number of aromatic nitrogens is 3. The molecule has 0 atom stereocenters. The Balaban J connectivity index is 1.40. The molecule has 0 spiro atoms. The molecule has 2 amide bonds. The van der Waals surface area contributed by atoms with E-state index < -0.39 is 17.5 Å². The van der Waals surface area contributed by atoms with Gasteiger partial charge in [0.2, 0.25) is 5.88 Å². The molecule has 11 nitrogen and oxygen atoms in total. The molecule has 0 fully saturated rings. The van der Waals surface area contributed by atoms with Crippen molar-refractivity contribution in [3.63, 3.8) is 0 Å². The van der Waals surface area contributed by atoms with Crippen LogP contribution in [0.4, 0.5) is 16.3 Å². The maximum atomic E-state index is 13.6. The molecule has 0 aliphatic heterocycles. The summed E-state index contributed by atoms with van der Waals surface area (Å²) in [5.41, 5.74) is 8.10. The molecule has 11 heteroatoms. The van der Waals surface area contributed by atoms with Crippen LogP contribution >= 0.6 is 0 Å². The monoisotopic (exact) mass is 580 g/mol. The fraction of sp³-hybridized carbons (Fsp3) is 0.188. The highest BCUT2D eigenvalue weighted by molar-refractivity contribution is 6.07. The van der Waals surface area contributed by atoms with E-state index in [-0.39, 0.29) is 23.7 Å². The summed E-state index contributed by atoms with van der Waals surface area (Å²) in [6, 6.07) is 23.1. The lowest BCUT2D eigenvalue weighted by atomic mass is 10.1. The Kier molecular flexibility index (Phi) is 8.15. The van der Waals surface area contributed by atoms with Gasteiger partial charge in [-0.15, -0.1) is 5.10 Å². The van der Waals surface area contributed by atoms with E-state index in [1.54, 1.807) is 48.7 Å². The van der Waals surface area contributed by atoms with E-state index in [0.717, 1.165) is 11.1 Å². The van der Waals surface area contributed by atoms with Crippen LogP contribution in [0.15, 0.2) is 85.1 Å². The first kappa shape index (κ1) is 28.9. The number of nitrogen functional groups attached to an aromatic ring is 1. The number of nitrogens with two attached hydrogens (primary N) is 1. The van der Waals surface area contributed by atoms with E-state index in [1.165, 1.54) is 4.52 Å². The number of para-hydroxylation sites is 1. The molecule has 3 aromatic carbocycles. The van der Waals surface area contributed by atoms with Crippen molar-refractivity contribution >= 4 is 29.2 Å². The fourth-order valence-corrected chi connectivity index (χ4v) is 4.12. The molecule has 0 saturated heterocycles. The summed E-state index contributed by atoms with van der Waals surface area (Å²) < 4.78 is 19.2. The van der Waals surface area contributed by atoms with Gasteiger partial charge in [0, 0.05) is 23.4 Å². The number of aryl methyl sites for hydroxylation is 1. The molecule has 0 radical (unpaired) electrons. The fourth-order valence-electron chi connectivity index (χ4n) is 4.12. The standard InChI is InChI=1S/C32H32N6O5/c1-20-13-14-22(42-28-16-15-27-35-26(33)18-38(27)37-28)17-24(20)34-30(39)23-11-8-12-25(41-19-21-9-6-5-7-10-21)29(23)43-31(40)36-32(2,3)4/h5-18H,19,33H2,1-4H3,(H,34,39)(H,36,40). The Hall–Kier alpha value is -5.58. The highest BCUT2D eigenvalue weighted by Crippen LogP contribution is 2.34. The molecular formula is C32H32N6O5. The van der Waals surface area contributed by atoms with Gasteiger partial charge in [-0.05, 0) is 63.1 Å². The van der Waals surface area contributed by atoms with Gasteiger partial charge in [0.1, 0.15) is 18.2 Å². The van der Waals surface area contributed by atoms with Crippen LogP contribution in [0.3, 0.4) is 0 Å². The first-order valence-corrected chi connectivity index (χ1v) is 13.6. The van der Waals surface area contributed by atoms with Gasteiger partial charge in [-0.2, -0.15) is 0 Å². The predicted molar refractivity (Wildman–Crippen MR) is 163 cm³/mol. The van der Waals surface area contributed by atoms with Crippen LogP contribution in [0.2, 0.25) is 0 Å². The zero-order valence-electron chi connectivity index (χ0n) is 24.3. The Bertz CT molecular complexity index is 1780. The smallest absolute Gasteiger partial charge is 0.413 e. The minimum absolute atomic E-state index is 0.000142. The third-order valence-electron chi connectivity index (χ3n) is 6.13. The van der Waals surface area contributed by atoms with Crippen LogP contribution in [0.1, 0.15) is 42.3 Å². The highest BCUT2D eigenvalue weighted by atomic mass is 16.6. The number of nitrogens with one attached hydrogen (secondary N) is 2. The van der Waals surface area contributed by atoms with Gasteiger partial charge in [-0.3, -0.25) is 4.79 Å². The molecule has 0 bridgehead atoms. The molecule has 220 valence electrons. The van der Waals surface area contributed by atoms with Gasteiger partial charge >= 0.3 is 6.09 Å². The van der Waals surface area contributed by atoms with Crippen molar-refractivity contribution in [3.8, 4) is 23.1 Å². The molecule has 0 saturated carbocycles. The van der Waals surface area contributed by atoms with Crippen molar-refractivity contribution in [2.45, 2.75) is 39.8 Å². The topological polar surface area (TPSA) is 142 Å². The molecule has 0 aliphatic carbocycles. The normalized spacial score (nSPS) is 11.2. The molecule has 43 heavy (non-hydrogen) atoms. The number of carbonyl (C=O) groups excluding carboxylic acids is 2. The number of nitrogens with zero attached hydrogens (tertiary/aromatic N) is 3. The van der Waals surface area contributed by atoms with Crippen molar-refractivity contribution in [1.29, 1.82) is 0 Å². The van der Waals surface area contributed by atoms with E-state index in [4.69, 9.17) is 19.9 Å². The van der Waals surface area contributed by atoms with E-state index in [0.29, 0.717) is 28.8 Å². The van der Waals surface area contributed by atoms with Crippen LogP contribution in [0.25, 0.3) is 5.65 Å². The number of fused-ring (bicyclic) bond motifs is 1. The van der Waals surface area contributed by atoms with Crippen LogP contribution in [0.5, 0.6) is 23.1 Å². The molecule has 2 aromatic heterocycles. The molecule has 0 aliphatic rings. The Morgan fingerprint density at radius 3 is 2.53 bits per heavy atom. The minimum Gasteiger partial charge on any atom is -0.485 e. The zero-order chi connectivity index (χ0) is 30.6. The lowest BCUT2D eigenvalue weighted by molar-refractivity contribution is 0.102. The van der Waals surface area contributed by atoms with Crippen LogP contribution in [-0.4, -0.2) is 32.1 Å². The van der Waals surface area contributed by atoms with Gasteiger partial charge in [-0.1, -0.05) is 42.5 Å². The quantitative estimate of drug-likeness (QED) is 0.199. The van der Waals surface area contributed by atoms with Gasteiger partial charge in [0.25, 0.3) is 5.91 Å². The van der Waals surface area contributed by atoms with Crippen molar-refractivity contribution < 1.29 is 23.8 Å². The minimum atomic E-state index is -0.715. The summed E-state index contributed by atoms with van der Waals surface area (Å²) >= 11 is 0. The average molecular weight is 581 g/mol. The second kappa shape index (κ2) is 12.1. The molecule has 4 N–H and O–H groups in total. The lowest BCUT2D eigenvalue weighted by Crippen LogP contribution is -2.42. The predicted octanol–water partition coefficient (Wildman–Crippen LogP) is 6.13. The SMILES string of the molecule is Cc1ccc(Oc2ccc3nc(N)cn3n2)cc1NC(=O)c1cccc(OCc2ccccc2)c1OC(=O)NC(C)(C)C. The molecular weight excluding hydrogens is 548 g/mol. The van der Waals surface area contributed by atoms with Crippen molar-refractivity contribution in [2.75, 3.05) is 11.1 Å². The van der Waals surface area contributed by atoms with E-state index in [2.05, 4.69) is 20.7 Å². The van der Waals surface area contributed by atoms with E-state index in [1.807, 2.05) is 64.1 Å². The second-order valence-electron chi connectivity index (χ2n) is 10.8. The number of imidazole rings is 1. The van der Waals surface area contributed by atoms with Crippen molar-refractivity contribution in [2.24, 2.45) is 0 Å². The average Bonchev–Trinajstić information content (AvgIpc) is 3.33. The Morgan fingerprint density at radius 1 is 0.977 bits per heavy atom. The summed E-state index contributed by atoms with van der Waals surface area (Å²) in [7, 11) is 0. The maximum absolute atomic E-state index is 13.6. The van der Waals surface area contributed by atoms with Gasteiger partial charge in [-0.25, -0.2) is 14.3 Å². The van der Waals surface area contributed by atoms with E-state index >= 15 is 0 Å². The molecule has 0 unspecified atom stereocenters. The zero-order valence-corrected chi connectivity index (χ0v) is 24.3. The second-order valence-corrected chi connectivity index (χ2v) is 10.8. The number of ether oxygens (including phenoxy) is 3. The van der Waals surface area contributed by atoms with Gasteiger partial charge < -0.3 is 30.6 Å². The van der Waals surface area contributed by atoms with Crippen LogP contribution in [-0.2, 0) is 6.61 Å². The molecule has 5 aromatic rings. The van der Waals surface area contributed by atoms with Crippen molar-refractivity contribution in [3.05, 3.63) is 102 Å². The van der Waals surface area contributed by atoms with E-state index in [9.17, 15) is 9.59 Å². The maximum Gasteiger partial charge on any atom is 0.413 e. The third kappa shape index (κ3) is 7.39. The summed E-state index contributed by atoms with van der Waals surface area (Å²) in [5, 5.41) is 10.0. The number of carbonyl (C=O) groups is 2. The van der Waals surface area contributed by atoms with Gasteiger partial charge in [0.15, 0.2) is 17.1 Å². The summed E-state index contributed by atoms with van der Waals surface area (Å²) in [5.74, 6) is 0.851. The number of benzene rings is 3. The summed E-state index contributed by atoms with van der Waals surface area (Å²) in [6.07, 6.45) is 0.871. The summed E-state index contributed by atoms with van der Waals surface area (Å²) in [6.45, 7) is 7.56. The number of hydrogen-bond donors (Lipinski definition) is 3. The largest absolute Gasteiger partial charge is 0.485 e. The first-order valence-electron chi connectivity index (χ1n) is 13.6. The number of amides is 2. The third-order valence-corrected chi connectivity index (χ3v) is 6.13. The van der Waals surface area contributed by atoms with Crippen molar-refractivity contribution in [1.82, 2.24) is 19.9 Å². The summed E-state index contributed by atoms with van der Waals surface area (Å²) in [4.78, 5) is 30.6. The Labute approximate surface area is 248 Å². The number of anilines is 2. The van der Waals surface area contributed by atoms with Crippen LogP contribution in [0, 0.1) is 6.92 Å². The number of rotatable bonds is 8. The van der Waals surface area contributed by atoms with Gasteiger partial charge in [0.05, 0.1) is 11.8 Å². The Morgan fingerprint density at radius 2 is 1.77 bits per heavy atom.